The van der Waals surface area contributed by atoms with Gasteiger partial charge in [0, 0.05) is 0 Å². The van der Waals surface area contributed by atoms with E-state index in [1.807, 2.05) is 24.3 Å². The van der Waals surface area contributed by atoms with Crippen LogP contribution in [0.1, 0.15) is 11.1 Å². The van der Waals surface area contributed by atoms with Gasteiger partial charge in [0.2, 0.25) is 0 Å². The molecule has 0 amide bonds. The molecule has 0 spiro atoms. The number of alkyl halides is 3. The lowest BCUT2D eigenvalue weighted by molar-refractivity contribution is -0.0500. The lowest BCUT2D eigenvalue weighted by Gasteiger charge is -2.20. The first-order valence-electron chi connectivity index (χ1n) is 6.50. The summed E-state index contributed by atoms with van der Waals surface area (Å²) in [6, 6.07) is 11.9. The Balaban J connectivity index is 1.97. The van der Waals surface area contributed by atoms with E-state index in [0.29, 0.717) is 6.42 Å². The predicted octanol–water partition coefficient (Wildman–Crippen LogP) is 3.68. The van der Waals surface area contributed by atoms with E-state index in [1.165, 1.54) is 12.1 Å². The average Bonchev–Trinajstić information content (AvgIpc) is 2.45. The highest BCUT2D eigenvalue weighted by Gasteiger charge is 2.48. The van der Waals surface area contributed by atoms with Crippen molar-refractivity contribution in [2.45, 2.75) is 18.3 Å². The quantitative estimate of drug-likeness (QED) is 0.624. The van der Waals surface area contributed by atoms with Gasteiger partial charge in [-0.1, -0.05) is 30.3 Å². The molecule has 0 aromatic heterocycles. The molecule has 0 fully saturated rings. The maximum absolute atomic E-state index is 12.3. The maximum atomic E-state index is 12.3. The summed E-state index contributed by atoms with van der Waals surface area (Å²) < 4.78 is 63.3. The molecule has 0 N–H and O–H groups in total. The van der Waals surface area contributed by atoms with E-state index >= 15 is 0 Å². The molecule has 0 aliphatic heterocycles. The Labute approximate surface area is 125 Å². The van der Waals surface area contributed by atoms with Crippen LogP contribution in [-0.4, -0.2) is 13.9 Å². The Kier molecular flexibility index (Phi) is 3.40. The fourth-order valence-electron chi connectivity index (χ4n) is 2.54. The van der Waals surface area contributed by atoms with Crippen molar-refractivity contribution >= 4 is 10.1 Å². The number of halogens is 3. The molecule has 3 rings (SSSR count). The molecule has 7 heteroatoms. The third-order valence-electron chi connectivity index (χ3n) is 3.54. The van der Waals surface area contributed by atoms with E-state index in [9.17, 15) is 21.6 Å². The third-order valence-corrected chi connectivity index (χ3v) is 4.52. The van der Waals surface area contributed by atoms with Gasteiger partial charge in [0.05, 0.1) is 0 Å². The Morgan fingerprint density at radius 2 is 1.55 bits per heavy atom. The monoisotopic (exact) mass is 328 g/mol. The summed E-state index contributed by atoms with van der Waals surface area (Å²) in [7, 11) is -5.64. The Morgan fingerprint density at radius 1 is 0.909 bits per heavy atom. The van der Waals surface area contributed by atoms with Gasteiger partial charge in [-0.05, 0) is 47.2 Å². The first kappa shape index (κ1) is 14.9. The first-order chi connectivity index (χ1) is 10.3. The topological polar surface area (TPSA) is 43.4 Å². The first-order valence-corrected chi connectivity index (χ1v) is 7.91. The Hall–Kier alpha value is -2.02. The largest absolute Gasteiger partial charge is 0.534 e. The number of benzene rings is 2. The second-order valence-corrected chi connectivity index (χ2v) is 6.50. The van der Waals surface area contributed by atoms with Crippen molar-refractivity contribution in [3.8, 4) is 16.9 Å². The number of rotatable bonds is 2. The molecule has 116 valence electrons. The molecule has 0 saturated carbocycles. The molecule has 0 unspecified atom stereocenters. The van der Waals surface area contributed by atoms with Gasteiger partial charge in [-0.15, -0.1) is 0 Å². The minimum Gasteiger partial charge on any atom is -0.376 e. The predicted molar refractivity (Wildman–Crippen MR) is 74.9 cm³/mol. The minimum atomic E-state index is -5.64. The lowest BCUT2D eigenvalue weighted by Crippen LogP contribution is -2.28. The molecular formula is C15H11F3O3S. The van der Waals surface area contributed by atoms with Crippen molar-refractivity contribution < 1.29 is 25.8 Å². The molecule has 1 aliphatic carbocycles. The highest BCUT2D eigenvalue weighted by molar-refractivity contribution is 7.88. The molecule has 0 heterocycles. The fraction of sp³-hybridized carbons (Fsp3) is 0.200. The van der Waals surface area contributed by atoms with Crippen molar-refractivity contribution in [1.29, 1.82) is 0 Å². The number of aryl methyl sites for hydroxylation is 2. The normalized spacial score (nSPS) is 14.1. The van der Waals surface area contributed by atoms with Crippen LogP contribution in [0.2, 0.25) is 0 Å². The standard InChI is InChI=1S/C15H11F3O3S/c16-15(17,18)22(19,20)21-12-7-8-14-11(9-12)6-5-10-3-1-2-4-13(10)14/h1-4,7-9H,5-6H2. The van der Waals surface area contributed by atoms with Gasteiger partial charge < -0.3 is 4.18 Å². The summed E-state index contributed by atoms with van der Waals surface area (Å²) in [5.74, 6) is -0.324. The van der Waals surface area contributed by atoms with Crippen LogP contribution in [0.15, 0.2) is 42.5 Å². The van der Waals surface area contributed by atoms with Crippen LogP contribution in [0.25, 0.3) is 11.1 Å². The molecule has 0 bridgehead atoms. The summed E-state index contributed by atoms with van der Waals surface area (Å²) in [4.78, 5) is 0. The summed E-state index contributed by atoms with van der Waals surface area (Å²) in [6.07, 6.45) is 1.37. The summed E-state index contributed by atoms with van der Waals surface area (Å²) >= 11 is 0. The number of hydrogen-bond donors (Lipinski definition) is 0. The molecule has 0 atom stereocenters. The lowest BCUT2D eigenvalue weighted by atomic mass is 9.86. The molecule has 22 heavy (non-hydrogen) atoms. The van der Waals surface area contributed by atoms with E-state index in [2.05, 4.69) is 4.18 Å². The van der Waals surface area contributed by atoms with Gasteiger partial charge in [-0.2, -0.15) is 21.6 Å². The average molecular weight is 328 g/mol. The summed E-state index contributed by atoms with van der Waals surface area (Å²) in [5.41, 5.74) is -1.61. The van der Waals surface area contributed by atoms with E-state index in [-0.39, 0.29) is 5.75 Å². The van der Waals surface area contributed by atoms with Crippen LogP contribution < -0.4 is 4.18 Å². The zero-order valence-corrected chi connectivity index (χ0v) is 12.0. The van der Waals surface area contributed by atoms with Crippen molar-refractivity contribution in [2.24, 2.45) is 0 Å². The van der Waals surface area contributed by atoms with Gasteiger partial charge in [0.15, 0.2) is 0 Å². The van der Waals surface area contributed by atoms with Gasteiger partial charge in [-0.25, -0.2) is 0 Å². The SMILES string of the molecule is O=S(=O)(Oc1ccc2c(c1)CCc1ccccc1-2)C(F)(F)F. The third kappa shape index (κ3) is 2.56. The van der Waals surface area contributed by atoms with Crippen LogP contribution in [0.5, 0.6) is 5.75 Å². The van der Waals surface area contributed by atoms with E-state index in [4.69, 9.17) is 0 Å². The molecule has 2 aromatic carbocycles. The van der Waals surface area contributed by atoms with Crippen molar-refractivity contribution in [3.05, 3.63) is 53.6 Å². The van der Waals surface area contributed by atoms with Crippen LogP contribution in [-0.2, 0) is 23.0 Å². The zero-order chi connectivity index (χ0) is 16.0. The van der Waals surface area contributed by atoms with Gasteiger partial charge in [0.1, 0.15) is 5.75 Å². The van der Waals surface area contributed by atoms with Crippen LogP contribution in [0.3, 0.4) is 0 Å². The zero-order valence-electron chi connectivity index (χ0n) is 11.2. The van der Waals surface area contributed by atoms with Crippen molar-refractivity contribution in [2.75, 3.05) is 0 Å². The fourth-order valence-corrected chi connectivity index (χ4v) is 2.99. The minimum absolute atomic E-state index is 0.324. The van der Waals surface area contributed by atoms with Crippen LogP contribution in [0, 0.1) is 0 Å². The summed E-state index contributed by atoms with van der Waals surface area (Å²) in [6.45, 7) is 0. The maximum Gasteiger partial charge on any atom is 0.534 e. The van der Waals surface area contributed by atoms with Gasteiger partial charge >= 0.3 is 15.6 Å². The Morgan fingerprint density at radius 3 is 2.27 bits per heavy atom. The second-order valence-electron chi connectivity index (χ2n) is 4.96. The number of fused-ring (bicyclic) bond motifs is 3. The Bertz CT molecular complexity index is 826. The molecule has 0 saturated heterocycles. The van der Waals surface area contributed by atoms with Crippen molar-refractivity contribution in [3.63, 3.8) is 0 Å². The smallest absolute Gasteiger partial charge is 0.376 e. The van der Waals surface area contributed by atoms with Crippen LogP contribution >= 0.6 is 0 Å². The van der Waals surface area contributed by atoms with E-state index in [1.54, 1.807) is 6.07 Å². The summed E-state index contributed by atoms with van der Waals surface area (Å²) in [5, 5.41) is 0. The van der Waals surface area contributed by atoms with Gasteiger partial charge in [-0.3, -0.25) is 0 Å². The van der Waals surface area contributed by atoms with Crippen molar-refractivity contribution in [1.82, 2.24) is 0 Å². The molecular weight excluding hydrogens is 317 g/mol. The molecule has 3 nitrogen and oxygen atoms in total. The van der Waals surface area contributed by atoms with E-state index < -0.39 is 15.6 Å². The van der Waals surface area contributed by atoms with Gasteiger partial charge in [0.25, 0.3) is 0 Å². The van der Waals surface area contributed by atoms with Crippen LogP contribution in [0.4, 0.5) is 13.2 Å². The van der Waals surface area contributed by atoms with E-state index in [0.717, 1.165) is 28.7 Å². The highest BCUT2D eigenvalue weighted by atomic mass is 32.2. The second kappa shape index (κ2) is 5.01. The highest BCUT2D eigenvalue weighted by Crippen LogP contribution is 2.36. The molecule has 2 aromatic rings. The molecule has 1 aliphatic rings. The number of hydrogen-bond acceptors (Lipinski definition) is 3. The molecule has 0 radical (unpaired) electrons.